The second kappa shape index (κ2) is 6.30. The van der Waals surface area contributed by atoms with Crippen molar-refractivity contribution in [2.75, 3.05) is 32.9 Å². The Bertz CT molecular complexity index is 605. The molecular weight excluding hydrogens is 333 g/mol. The Balaban J connectivity index is 2.34. The fraction of sp³-hybridized carbons (Fsp3) is 0.538. The van der Waals surface area contributed by atoms with E-state index in [1.54, 1.807) is 7.05 Å². The number of likely N-dealkylation sites (tertiary alicyclic amines) is 1. The van der Waals surface area contributed by atoms with Crippen LogP contribution in [0.5, 0.6) is 0 Å². The van der Waals surface area contributed by atoms with E-state index in [2.05, 4.69) is 4.90 Å². The van der Waals surface area contributed by atoms with Gasteiger partial charge in [0.25, 0.3) is 0 Å². The van der Waals surface area contributed by atoms with Gasteiger partial charge in [0.1, 0.15) is 4.90 Å². The van der Waals surface area contributed by atoms with Crippen LogP contribution in [0.25, 0.3) is 0 Å². The summed E-state index contributed by atoms with van der Waals surface area (Å²) in [6.45, 7) is 1.74. The Morgan fingerprint density at radius 3 is 2.19 bits per heavy atom. The minimum absolute atomic E-state index is 0.0455. The Kier molecular flexibility index (Phi) is 5.05. The van der Waals surface area contributed by atoms with E-state index in [1.165, 1.54) is 16.4 Å². The minimum atomic E-state index is -3.74. The summed E-state index contributed by atoms with van der Waals surface area (Å²) in [5.41, 5.74) is 5.96. The number of hydrogen-bond acceptors (Lipinski definition) is 4. The van der Waals surface area contributed by atoms with Gasteiger partial charge in [-0.25, -0.2) is 8.42 Å². The van der Waals surface area contributed by atoms with E-state index in [0.29, 0.717) is 5.69 Å². The lowest BCUT2D eigenvalue weighted by atomic mass is 10.1. The molecule has 0 amide bonds. The van der Waals surface area contributed by atoms with Crippen LogP contribution in [0.4, 0.5) is 5.69 Å². The van der Waals surface area contributed by atoms with Gasteiger partial charge in [-0.05, 0) is 45.1 Å². The zero-order valence-electron chi connectivity index (χ0n) is 12.0. The molecule has 0 aliphatic carbocycles. The van der Waals surface area contributed by atoms with Crippen LogP contribution < -0.4 is 5.73 Å². The average Bonchev–Trinajstić information content (AvgIpc) is 2.37. The van der Waals surface area contributed by atoms with Crippen molar-refractivity contribution in [2.45, 2.75) is 23.8 Å². The summed E-state index contributed by atoms with van der Waals surface area (Å²) in [6, 6.07) is 2.77. The van der Waals surface area contributed by atoms with E-state index >= 15 is 0 Å². The molecule has 1 saturated heterocycles. The molecule has 1 heterocycles. The van der Waals surface area contributed by atoms with E-state index in [0.717, 1.165) is 25.9 Å². The molecule has 5 nitrogen and oxygen atoms in total. The first-order valence-electron chi connectivity index (χ1n) is 6.64. The summed E-state index contributed by atoms with van der Waals surface area (Å²) in [6.07, 6.45) is 1.58. The van der Waals surface area contributed by atoms with Crippen LogP contribution in [0.3, 0.4) is 0 Å². The minimum Gasteiger partial charge on any atom is -0.399 e. The lowest BCUT2D eigenvalue weighted by molar-refractivity contribution is 0.197. The van der Waals surface area contributed by atoms with Gasteiger partial charge < -0.3 is 10.6 Å². The van der Waals surface area contributed by atoms with Crippen LogP contribution in [0.15, 0.2) is 17.0 Å². The van der Waals surface area contributed by atoms with Crippen molar-refractivity contribution in [3.8, 4) is 0 Å². The van der Waals surface area contributed by atoms with Gasteiger partial charge in [-0.15, -0.1) is 0 Å². The first kappa shape index (κ1) is 16.8. The maximum Gasteiger partial charge on any atom is 0.246 e. The SMILES string of the molecule is CN1CCC(N(C)S(=O)(=O)c2c(Cl)cc(N)cc2Cl)CC1. The monoisotopic (exact) mass is 351 g/mol. The van der Waals surface area contributed by atoms with Crippen LogP contribution in [-0.4, -0.2) is 50.8 Å². The first-order valence-corrected chi connectivity index (χ1v) is 8.84. The second-order valence-corrected chi connectivity index (χ2v) is 8.12. The molecule has 0 unspecified atom stereocenters. The molecule has 1 aliphatic heterocycles. The van der Waals surface area contributed by atoms with Gasteiger partial charge in [-0.3, -0.25) is 0 Å². The molecular formula is C13H19Cl2N3O2S. The molecule has 0 aromatic heterocycles. The van der Waals surface area contributed by atoms with Gasteiger partial charge in [0.15, 0.2) is 0 Å². The maximum absolute atomic E-state index is 12.8. The third kappa shape index (κ3) is 3.46. The molecule has 1 aromatic rings. The zero-order chi connectivity index (χ0) is 15.8. The van der Waals surface area contributed by atoms with Gasteiger partial charge in [0.2, 0.25) is 10.0 Å². The number of nitrogen functional groups attached to an aromatic ring is 1. The van der Waals surface area contributed by atoms with Crippen LogP contribution in [0.1, 0.15) is 12.8 Å². The van der Waals surface area contributed by atoms with Gasteiger partial charge in [0, 0.05) is 18.8 Å². The number of sulfonamides is 1. The van der Waals surface area contributed by atoms with Crippen molar-refractivity contribution < 1.29 is 8.42 Å². The number of piperidine rings is 1. The molecule has 8 heteroatoms. The topological polar surface area (TPSA) is 66.6 Å². The number of nitrogens with two attached hydrogens (primary N) is 1. The third-order valence-electron chi connectivity index (χ3n) is 3.86. The molecule has 0 saturated carbocycles. The van der Waals surface area contributed by atoms with Gasteiger partial charge in [-0.2, -0.15) is 4.31 Å². The highest BCUT2D eigenvalue weighted by Gasteiger charge is 2.33. The standard InChI is InChI=1S/C13H19Cl2N3O2S/c1-17-5-3-10(4-6-17)18(2)21(19,20)13-11(14)7-9(16)8-12(13)15/h7-8,10H,3-6,16H2,1-2H3. The highest BCUT2D eigenvalue weighted by atomic mass is 35.5. The maximum atomic E-state index is 12.8. The Morgan fingerprint density at radius 1 is 1.24 bits per heavy atom. The molecule has 1 aliphatic rings. The van der Waals surface area contributed by atoms with Gasteiger partial charge >= 0.3 is 0 Å². The summed E-state index contributed by atoms with van der Waals surface area (Å²) in [5, 5.41) is 0.111. The number of hydrogen-bond donors (Lipinski definition) is 1. The van der Waals surface area contributed by atoms with Crippen molar-refractivity contribution in [3.63, 3.8) is 0 Å². The van der Waals surface area contributed by atoms with Crippen LogP contribution in [-0.2, 0) is 10.0 Å². The Hall–Kier alpha value is -0.530. The molecule has 0 bridgehead atoms. The Morgan fingerprint density at radius 2 is 1.71 bits per heavy atom. The normalized spacial score (nSPS) is 18.3. The van der Waals surface area contributed by atoms with E-state index in [-0.39, 0.29) is 21.0 Å². The molecule has 1 fully saturated rings. The van der Waals surface area contributed by atoms with E-state index in [4.69, 9.17) is 28.9 Å². The van der Waals surface area contributed by atoms with E-state index in [1.807, 2.05) is 7.05 Å². The number of nitrogens with zero attached hydrogens (tertiary/aromatic N) is 2. The summed E-state index contributed by atoms with van der Waals surface area (Å²) in [4.78, 5) is 2.11. The number of rotatable bonds is 3. The van der Waals surface area contributed by atoms with Gasteiger partial charge in [-0.1, -0.05) is 23.2 Å². The predicted octanol–water partition coefficient (Wildman–Crippen LogP) is 2.29. The molecule has 118 valence electrons. The molecule has 2 N–H and O–H groups in total. The Labute approximate surface area is 135 Å². The smallest absolute Gasteiger partial charge is 0.246 e. The molecule has 0 spiro atoms. The highest BCUT2D eigenvalue weighted by Crippen LogP contribution is 2.34. The highest BCUT2D eigenvalue weighted by molar-refractivity contribution is 7.89. The summed E-state index contributed by atoms with van der Waals surface area (Å²) in [7, 11) is -0.135. The molecule has 0 atom stereocenters. The van der Waals surface area contributed by atoms with Crippen LogP contribution in [0, 0.1) is 0 Å². The quantitative estimate of drug-likeness (QED) is 0.848. The van der Waals surface area contributed by atoms with E-state index < -0.39 is 10.0 Å². The summed E-state index contributed by atoms with van der Waals surface area (Å²) in [5.74, 6) is 0. The molecule has 2 rings (SSSR count). The fourth-order valence-electron chi connectivity index (χ4n) is 2.52. The summed E-state index contributed by atoms with van der Waals surface area (Å²) < 4.78 is 26.9. The lowest BCUT2D eigenvalue weighted by Crippen LogP contribution is -2.44. The van der Waals surface area contributed by atoms with Crippen molar-refractivity contribution in [2.24, 2.45) is 0 Å². The first-order chi connectivity index (χ1) is 9.73. The molecule has 0 radical (unpaired) electrons. The van der Waals surface area contributed by atoms with Crippen molar-refractivity contribution in [1.29, 1.82) is 0 Å². The number of halogens is 2. The second-order valence-electron chi connectivity index (χ2n) is 5.37. The lowest BCUT2D eigenvalue weighted by Gasteiger charge is -2.34. The zero-order valence-corrected chi connectivity index (χ0v) is 14.3. The number of anilines is 1. The third-order valence-corrected chi connectivity index (χ3v) is 6.69. The fourth-order valence-corrected chi connectivity index (χ4v) is 5.12. The van der Waals surface area contributed by atoms with Crippen LogP contribution >= 0.6 is 23.2 Å². The largest absolute Gasteiger partial charge is 0.399 e. The average molecular weight is 352 g/mol. The number of benzene rings is 1. The molecule has 1 aromatic carbocycles. The predicted molar refractivity (Wildman–Crippen MR) is 86.3 cm³/mol. The van der Waals surface area contributed by atoms with Crippen molar-refractivity contribution >= 4 is 38.9 Å². The summed E-state index contributed by atoms with van der Waals surface area (Å²) >= 11 is 12.1. The molecule has 21 heavy (non-hydrogen) atoms. The van der Waals surface area contributed by atoms with Gasteiger partial charge in [0.05, 0.1) is 10.0 Å². The van der Waals surface area contributed by atoms with Crippen molar-refractivity contribution in [1.82, 2.24) is 9.21 Å². The van der Waals surface area contributed by atoms with E-state index in [9.17, 15) is 8.42 Å². The van der Waals surface area contributed by atoms with Crippen molar-refractivity contribution in [3.05, 3.63) is 22.2 Å². The van der Waals surface area contributed by atoms with Crippen LogP contribution in [0.2, 0.25) is 10.0 Å².